The number of rotatable bonds is 2. The predicted octanol–water partition coefficient (Wildman–Crippen LogP) is 4.71. The molecule has 6 heteroatoms. The van der Waals surface area contributed by atoms with Gasteiger partial charge in [0.2, 0.25) is 5.28 Å². The van der Waals surface area contributed by atoms with E-state index in [9.17, 15) is 8.78 Å². The van der Waals surface area contributed by atoms with Gasteiger partial charge in [-0.05, 0) is 29.8 Å². The van der Waals surface area contributed by atoms with Crippen LogP contribution in [0.2, 0.25) is 5.28 Å². The fraction of sp³-hybridized carbons (Fsp3) is 0. The Morgan fingerprint density at radius 1 is 1.00 bits per heavy atom. The molecule has 0 saturated carbocycles. The zero-order valence-corrected chi connectivity index (χ0v) is 11.6. The van der Waals surface area contributed by atoms with Crippen molar-refractivity contribution in [2.75, 3.05) is 0 Å². The van der Waals surface area contributed by atoms with Crippen molar-refractivity contribution in [1.29, 1.82) is 0 Å². The number of para-hydroxylation sites is 1. The van der Waals surface area contributed by atoms with Gasteiger partial charge in [0.25, 0.3) is 0 Å². The van der Waals surface area contributed by atoms with E-state index in [1.54, 1.807) is 6.07 Å². The average molecular weight is 309 g/mol. The number of halogens is 3. The van der Waals surface area contributed by atoms with Gasteiger partial charge in [-0.3, -0.25) is 0 Å². The van der Waals surface area contributed by atoms with E-state index in [2.05, 4.69) is 9.97 Å². The van der Waals surface area contributed by atoms with Crippen LogP contribution in [0.5, 0.6) is 0 Å². The lowest BCUT2D eigenvalue weighted by Crippen LogP contribution is -1.90. The molecule has 0 aliphatic rings. The monoisotopic (exact) mass is 308 g/mol. The minimum atomic E-state index is -0.631. The summed E-state index contributed by atoms with van der Waals surface area (Å²) in [6.45, 7) is 0. The molecule has 2 aromatic carbocycles. The SMILES string of the molecule is Fc1ccc(Sc2nc(Cl)nc3ccccc23)c(F)c1. The molecule has 0 unspecified atom stereocenters. The fourth-order valence-corrected chi connectivity index (χ4v) is 2.90. The van der Waals surface area contributed by atoms with E-state index in [1.807, 2.05) is 18.2 Å². The number of nitrogens with zero attached hydrogens (tertiary/aromatic N) is 2. The molecule has 0 bridgehead atoms. The van der Waals surface area contributed by atoms with Gasteiger partial charge >= 0.3 is 0 Å². The van der Waals surface area contributed by atoms with E-state index < -0.39 is 11.6 Å². The first-order valence-corrected chi connectivity index (χ1v) is 6.88. The first-order chi connectivity index (χ1) is 9.63. The summed E-state index contributed by atoms with van der Waals surface area (Å²) in [6.07, 6.45) is 0. The molecule has 0 aliphatic heterocycles. The van der Waals surface area contributed by atoms with E-state index in [-0.39, 0.29) is 10.2 Å². The minimum absolute atomic E-state index is 0.0914. The van der Waals surface area contributed by atoms with Gasteiger partial charge in [0.05, 0.1) is 5.52 Å². The molecule has 20 heavy (non-hydrogen) atoms. The van der Waals surface area contributed by atoms with Crippen LogP contribution in [0.15, 0.2) is 52.4 Å². The third kappa shape index (κ3) is 2.59. The molecule has 0 N–H and O–H groups in total. The predicted molar refractivity (Wildman–Crippen MR) is 75.0 cm³/mol. The highest BCUT2D eigenvalue weighted by Gasteiger charge is 2.11. The molecule has 2 nitrogen and oxygen atoms in total. The maximum absolute atomic E-state index is 13.7. The van der Waals surface area contributed by atoms with Gasteiger partial charge in [0.15, 0.2) is 0 Å². The maximum Gasteiger partial charge on any atom is 0.224 e. The van der Waals surface area contributed by atoms with Crippen LogP contribution in [0.3, 0.4) is 0 Å². The summed E-state index contributed by atoms with van der Waals surface area (Å²) in [5, 5.41) is 1.39. The first-order valence-electron chi connectivity index (χ1n) is 5.69. The quantitative estimate of drug-likeness (QED) is 0.506. The summed E-state index contributed by atoms with van der Waals surface area (Å²) in [5.41, 5.74) is 0.678. The summed E-state index contributed by atoms with van der Waals surface area (Å²) in [6, 6.07) is 10.7. The van der Waals surface area contributed by atoms with Gasteiger partial charge in [-0.2, -0.15) is 0 Å². The van der Waals surface area contributed by atoms with E-state index in [4.69, 9.17) is 11.6 Å². The number of aromatic nitrogens is 2. The van der Waals surface area contributed by atoms with Crippen LogP contribution in [0.4, 0.5) is 8.78 Å². The lowest BCUT2D eigenvalue weighted by atomic mass is 10.2. The summed E-state index contributed by atoms with van der Waals surface area (Å²) in [5.74, 6) is -1.24. The van der Waals surface area contributed by atoms with Crippen molar-refractivity contribution < 1.29 is 8.78 Å². The maximum atomic E-state index is 13.7. The van der Waals surface area contributed by atoms with Gasteiger partial charge in [0, 0.05) is 16.3 Å². The zero-order valence-electron chi connectivity index (χ0n) is 9.98. The number of hydrogen-bond acceptors (Lipinski definition) is 3. The number of hydrogen-bond donors (Lipinski definition) is 0. The molecule has 0 aliphatic carbocycles. The van der Waals surface area contributed by atoms with Crippen molar-refractivity contribution in [2.24, 2.45) is 0 Å². The summed E-state index contributed by atoms with van der Waals surface area (Å²) >= 11 is 6.96. The van der Waals surface area contributed by atoms with Gasteiger partial charge in [-0.15, -0.1) is 0 Å². The normalized spacial score (nSPS) is 10.9. The van der Waals surface area contributed by atoms with Crippen LogP contribution in [0.25, 0.3) is 10.9 Å². The Morgan fingerprint density at radius 2 is 1.80 bits per heavy atom. The van der Waals surface area contributed by atoms with Crippen molar-refractivity contribution in [3.63, 3.8) is 0 Å². The van der Waals surface area contributed by atoms with Crippen molar-refractivity contribution >= 4 is 34.3 Å². The minimum Gasteiger partial charge on any atom is -0.218 e. The van der Waals surface area contributed by atoms with Crippen molar-refractivity contribution in [3.8, 4) is 0 Å². The van der Waals surface area contributed by atoms with Gasteiger partial charge in [0.1, 0.15) is 16.7 Å². The van der Waals surface area contributed by atoms with Crippen molar-refractivity contribution in [3.05, 3.63) is 59.4 Å². The Bertz CT molecular complexity index is 795. The Kier molecular flexibility index (Phi) is 3.54. The van der Waals surface area contributed by atoms with Crippen LogP contribution < -0.4 is 0 Å². The highest BCUT2D eigenvalue weighted by atomic mass is 35.5. The molecule has 0 atom stereocenters. The van der Waals surface area contributed by atoms with Crippen molar-refractivity contribution in [1.82, 2.24) is 9.97 Å². The van der Waals surface area contributed by atoms with Gasteiger partial charge in [-0.25, -0.2) is 18.7 Å². The molecule has 1 heterocycles. The van der Waals surface area contributed by atoms with E-state index >= 15 is 0 Å². The number of fused-ring (bicyclic) bond motifs is 1. The highest BCUT2D eigenvalue weighted by molar-refractivity contribution is 7.99. The van der Waals surface area contributed by atoms with Crippen LogP contribution >= 0.6 is 23.4 Å². The Morgan fingerprint density at radius 3 is 2.60 bits per heavy atom. The lowest BCUT2D eigenvalue weighted by molar-refractivity contribution is 0.565. The molecule has 0 saturated heterocycles. The average Bonchev–Trinajstić information content (AvgIpc) is 2.41. The molecule has 3 rings (SSSR count). The molecule has 0 spiro atoms. The second-order valence-electron chi connectivity index (χ2n) is 3.99. The van der Waals surface area contributed by atoms with Gasteiger partial charge < -0.3 is 0 Å². The molecule has 1 aromatic heterocycles. The molecule has 0 fully saturated rings. The van der Waals surface area contributed by atoms with Crippen molar-refractivity contribution in [2.45, 2.75) is 9.92 Å². The summed E-state index contributed by atoms with van der Waals surface area (Å²) in [7, 11) is 0. The van der Waals surface area contributed by atoms with Crippen LogP contribution in [-0.2, 0) is 0 Å². The zero-order chi connectivity index (χ0) is 14.1. The van der Waals surface area contributed by atoms with E-state index in [1.165, 1.54) is 12.1 Å². The molecule has 0 amide bonds. The summed E-state index contributed by atoms with van der Waals surface area (Å²) in [4.78, 5) is 8.50. The van der Waals surface area contributed by atoms with E-state index in [0.29, 0.717) is 10.5 Å². The first kappa shape index (κ1) is 13.3. The second-order valence-corrected chi connectivity index (χ2v) is 5.36. The van der Waals surface area contributed by atoms with Crippen LogP contribution in [-0.4, -0.2) is 9.97 Å². The topological polar surface area (TPSA) is 25.8 Å². The second kappa shape index (κ2) is 5.34. The Balaban J connectivity index is 2.10. The molecule has 0 radical (unpaired) electrons. The molecule has 100 valence electrons. The van der Waals surface area contributed by atoms with Crippen LogP contribution in [0.1, 0.15) is 0 Å². The standard InChI is InChI=1S/C14H7ClF2N2S/c15-14-18-11-4-2-1-3-9(11)13(19-14)20-12-6-5-8(16)7-10(12)17/h1-7H. The molecular formula is C14H7ClF2N2S. The third-order valence-corrected chi connectivity index (χ3v) is 3.87. The third-order valence-electron chi connectivity index (χ3n) is 2.64. The largest absolute Gasteiger partial charge is 0.224 e. The Labute approximate surface area is 122 Å². The smallest absolute Gasteiger partial charge is 0.218 e. The highest BCUT2D eigenvalue weighted by Crippen LogP contribution is 2.33. The fourth-order valence-electron chi connectivity index (χ4n) is 1.76. The van der Waals surface area contributed by atoms with Gasteiger partial charge in [-0.1, -0.05) is 30.0 Å². The lowest BCUT2D eigenvalue weighted by Gasteiger charge is -2.06. The Hall–Kier alpha value is -1.72. The molecular weight excluding hydrogens is 302 g/mol. The van der Waals surface area contributed by atoms with E-state index in [0.717, 1.165) is 23.2 Å². The summed E-state index contributed by atoms with van der Waals surface area (Å²) < 4.78 is 26.6. The van der Waals surface area contributed by atoms with Crippen LogP contribution in [0, 0.1) is 11.6 Å². The number of benzene rings is 2. The molecule has 3 aromatic rings.